The smallest absolute Gasteiger partial charge is 0.230 e. The normalized spacial score (nSPS) is 18.5. The molecule has 2 heterocycles. The Labute approximate surface area is 153 Å². The van der Waals surface area contributed by atoms with E-state index in [1.807, 2.05) is 0 Å². The van der Waals surface area contributed by atoms with Crippen LogP contribution in [0.5, 0.6) is 0 Å². The van der Waals surface area contributed by atoms with Gasteiger partial charge in [0, 0.05) is 25.9 Å². The van der Waals surface area contributed by atoms with Crippen LogP contribution in [0.4, 0.5) is 4.39 Å². The quantitative estimate of drug-likeness (QED) is 0.896. The average molecular weight is 356 g/mol. The van der Waals surface area contributed by atoms with Crippen LogP contribution in [-0.4, -0.2) is 27.2 Å². The van der Waals surface area contributed by atoms with E-state index < -0.39 is 5.41 Å². The van der Waals surface area contributed by atoms with Crippen LogP contribution in [0.1, 0.15) is 55.7 Å². The second-order valence-corrected chi connectivity index (χ2v) is 7.44. The summed E-state index contributed by atoms with van der Waals surface area (Å²) < 4.78 is 15.4. The Bertz CT molecular complexity index is 780. The highest BCUT2D eigenvalue weighted by Gasteiger charge is 2.45. The van der Waals surface area contributed by atoms with E-state index in [4.69, 9.17) is 0 Å². The first-order chi connectivity index (χ1) is 12.7. The van der Waals surface area contributed by atoms with Crippen molar-refractivity contribution in [3.8, 4) is 0 Å². The molecule has 0 saturated heterocycles. The molecule has 1 amide bonds. The van der Waals surface area contributed by atoms with Gasteiger partial charge in [0.1, 0.15) is 17.5 Å². The summed E-state index contributed by atoms with van der Waals surface area (Å²) in [6.45, 7) is 1.53. The predicted molar refractivity (Wildman–Crippen MR) is 96.2 cm³/mol. The van der Waals surface area contributed by atoms with Gasteiger partial charge in [-0.05, 0) is 43.4 Å². The third kappa shape index (κ3) is 3.13. The third-order valence-electron chi connectivity index (χ3n) is 5.86. The van der Waals surface area contributed by atoms with Gasteiger partial charge in [-0.2, -0.15) is 0 Å². The molecular formula is C20H25FN4O. The summed E-state index contributed by atoms with van der Waals surface area (Å²) >= 11 is 0. The topological polar surface area (TPSA) is 59.8 Å². The lowest BCUT2D eigenvalue weighted by Gasteiger charge is -2.40. The fourth-order valence-electron chi connectivity index (χ4n) is 4.13. The maximum absolute atomic E-state index is 13.2. The summed E-state index contributed by atoms with van der Waals surface area (Å²) in [5.74, 6) is 1.82. The van der Waals surface area contributed by atoms with Gasteiger partial charge >= 0.3 is 0 Å². The van der Waals surface area contributed by atoms with Gasteiger partial charge in [-0.3, -0.25) is 4.79 Å². The standard InChI is InChI=1S/C20H25FN4O/c21-16-8-6-15(7-9-16)20(11-4-12-20)19(26)22-13-10-18-24-23-17-5-2-1-3-14-25(17)18/h6-9H,1-5,10-14H2,(H,22,26). The fraction of sp³-hybridized carbons (Fsp3) is 0.550. The Morgan fingerprint density at radius 1 is 1.12 bits per heavy atom. The molecule has 0 atom stereocenters. The highest BCUT2D eigenvalue weighted by molar-refractivity contribution is 5.89. The van der Waals surface area contributed by atoms with E-state index in [0.717, 1.165) is 55.9 Å². The van der Waals surface area contributed by atoms with Crippen LogP contribution in [0.15, 0.2) is 24.3 Å². The molecule has 2 aliphatic rings. The van der Waals surface area contributed by atoms with Crippen LogP contribution in [0.25, 0.3) is 0 Å². The molecule has 6 heteroatoms. The Morgan fingerprint density at radius 3 is 2.65 bits per heavy atom. The molecule has 1 aromatic heterocycles. The number of nitrogens with zero attached hydrogens (tertiary/aromatic N) is 3. The molecule has 1 saturated carbocycles. The molecule has 1 N–H and O–H groups in total. The van der Waals surface area contributed by atoms with Crippen LogP contribution in [0.2, 0.25) is 0 Å². The van der Waals surface area contributed by atoms with Crippen molar-refractivity contribution in [1.82, 2.24) is 20.1 Å². The maximum atomic E-state index is 13.2. The predicted octanol–water partition coefficient (Wildman–Crippen LogP) is 2.92. The Hall–Kier alpha value is -2.24. The van der Waals surface area contributed by atoms with E-state index in [9.17, 15) is 9.18 Å². The second kappa shape index (κ2) is 7.17. The van der Waals surface area contributed by atoms with Crippen molar-refractivity contribution in [1.29, 1.82) is 0 Å². The number of carbonyl (C=O) groups excluding carboxylic acids is 1. The number of amides is 1. The maximum Gasteiger partial charge on any atom is 0.230 e. The largest absolute Gasteiger partial charge is 0.355 e. The van der Waals surface area contributed by atoms with Crippen LogP contribution >= 0.6 is 0 Å². The molecule has 0 bridgehead atoms. The molecule has 1 aliphatic heterocycles. The number of hydrogen-bond acceptors (Lipinski definition) is 3. The number of halogens is 1. The fourth-order valence-corrected chi connectivity index (χ4v) is 4.13. The molecule has 2 aromatic rings. The number of aryl methyl sites for hydroxylation is 1. The minimum absolute atomic E-state index is 0.0472. The van der Waals surface area contributed by atoms with Crippen LogP contribution in [0, 0.1) is 5.82 Å². The number of rotatable bonds is 5. The van der Waals surface area contributed by atoms with Gasteiger partial charge in [0.05, 0.1) is 5.41 Å². The molecule has 5 nitrogen and oxygen atoms in total. The number of fused-ring (bicyclic) bond motifs is 1. The first kappa shape index (κ1) is 17.2. The highest BCUT2D eigenvalue weighted by atomic mass is 19.1. The molecule has 26 heavy (non-hydrogen) atoms. The van der Waals surface area contributed by atoms with Crippen molar-refractivity contribution in [2.45, 2.75) is 63.3 Å². The minimum atomic E-state index is -0.491. The van der Waals surface area contributed by atoms with Gasteiger partial charge in [0.25, 0.3) is 0 Å². The molecule has 1 fully saturated rings. The zero-order valence-electron chi connectivity index (χ0n) is 15.0. The number of nitrogens with one attached hydrogen (secondary N) is 1. The van der Waals surface area contributed by atoms with Crippen LogP contribution < -0.4 is 5.32 Å². The number of hydrogen-bond donors (Lipinski definition) is 1. The van der Waals surface area contributed by atoms with Gasteiger partial charge in [0.15, 0.2) is 0 Å². The molecule has 1 aliphatic carbocycles. The highest BCUT2D eigenvalue weighted by Crippen LogP contribution is 2.43. The van der Waals surface area contributed by atoms with Crippen molar-refractivity contribution in [3.63, 3.8) is 0 Å². The first-order valence-corrected chi connectivity index (χ1v) is 9.64. The lowest BCUT2D eigenvalue weighted by Crippen LogP contribution is -2.49. The third-order valence-corrected chi connectivity index (χ3v) is 5.86. The Balaban J connectivity index is 1.39. The van der Waals surface area contributed by atoms with Crippen molar-refractivity contribution in [2.75, 3.05) is 6.54 Å². The summed E-state index contributed by atoms with van der Waals surface area (Å²) in [4.78, 5) is 12.9. The van der Waals surface area contributed by atoms with Gasteiger partial charge in [-0.15, -0.1) is 10.2 Å². The van der Waals surface area contributed by atoms with Crippen molar-refractivity contribution in [2.24, 2.45) is 0 Å². The zero-order valence-corrected chi connectivity index (χ0v) is 15.0. The van der Waals surface area contributed by atoms with E-state index in [-0.39, 0.29) is 11.7 Å². The van der Waals surface area contributed by atoms with Gasteiger partial charge in [0.2, 0.25) is 5.91 Å². The average Bonchev–Trinajstić information content (AvgIpc) is 2.83. The second-order valence-electron chi connectivity index (χ2n) is 7.44. The van der Waals surface area contributed by atoms with Crippen molar-refractivity contribution in [3.05, 3.63) is 47.3 Å². The lowest BCUT2D eigenvalue weighted by molar-refractivity contribution is -0.129. The zero-order chi connectivity index (χ0) is 18.0. The van der Waals surface area contributed by atoms with Gasteiger partial charge in [-0.25, -0.2) is 4.39 Å². The van der Waals surface area contributed by atoms with Gasteiger partial charge < -0.3 is 9.88 Å². The Morgan fingerprint density at radius 2 is 1.92 bits per heavy atom. The van der Waals surface area contributed by atoms with Crippen molar-refractivity contribution < 1.29 is 9.18 Å². The lowest BCUT2D eigenvalue weighted by atomic mass is 9.64. The number of benzene rings is 1. The first-order valence-electron chi connectivity index (χ1n) is 9.64. The minimum Gasteiger partial charge on any atom is -0.355 e. The van der Waals surface area contributed by atoms with E-state index in [1.165, 1.54) is 25.0 Å². The van der Waals surface area contributed by atoms with Gasteiger partial charge in [-0.1, -0.05) is 25.0 Å². The number of aromatic nitrogens is 3. The number of carbonyl (C=O) groups is 1. The summed E-state index contributed by atoms with van der Waals surface area (Å²) in [6, 6.07) is 6.36. The van der Waals surface area contributed by atoms with E-state index in [1.54, 1.807) is 12.1 Å². The molecule has 0 spiro atoms. The molecule has 4 rings (SSSR count). The summed E-state index contributed by atoms with van der Waals surface area (Å²) in [5.41, 5.74) is 0.425. The summed E-state index contributed by atoms with van der Waals surface area (Å²) in [6.07, 6.45) is 7.94. The molecule has 0 radical (unpaired) electrons. The van der Waals surface area contributed by atoms with Crippen LogP contribution in [0.3, 0.4) is 0 Å². The SMILES string of the molecule is O=C(NCCc1nnc2n1CCCCC2)C1(c2ccc(F)cc2)CCC1. The molecular weight excluding hydrogens is 331 g/mol. The van der Waals surface area contributed by atoms with E-state index in [0.29, 0.717) is 13.0 Å². The molecule has 1 aromatic carbocycles. The molecule has 138 valence electrons. The Kier molecular flexibility index (Phi) is 4.74. The van der Waals surface area contributed by atoms with Crippen molar-refractivity contribution >= 4 is 5.91 Å². The summed E-state index contributed by atoms with van der Waals surface area (Å²) in [7, 11) is 0. The molecule has 0 unspecified atom stereocenters. The monoisotopic (exact) mass is 356 g/mol. The van der Waals surface area contributed by atoms with E-state index in [2.05, 4.69) is 20.1 Å². The van der Waals surface area contributed by atoms with Crippen LogP contribution in [-0.2, 0) is 29.6 Å². The van der Waals surface area contributed by atoms with E-state index >= 15 is 0 Å². The summed E-state index contributed by atoms with van der Waals surface area (Å²) in [5, 5.41) is 11.7.